The van der Waals surface area contributed by atoms with Crippen LogP contribution in [-0.2, 0) is 6.18 Å². The van der Waals surface area contributed by atoms with Gasteiger partial charge in [0.2, 0.25) is 5.89 Å². The van der Waals surface area contributed by atoms with Crippen LogP contribution >= 0.6 is 15.9 Å². The summed E-state index contributed by atoms with van der Waals surface area (Å²) in [5.74, 6) is 0.110. The number of nitrogens with zero attached hydrogens (tertiary/aromatic N) is 2. The van der Waals surface area contributed by atoms with E-state index in [9.17, 15) is 13.2 Å². The molecule has 2 rings (SSSR count). The summed E-state index contributed by atoms with van der Waals surface area (Å²) in [5.41, 5.74) is -0.0447. The van der Waals surface area contributed by atoms with Gasteiger partial charge in [-0.3, -0.25) is 0 Å². The highest BCUT2D eigenvalue weighted by Gasteiger charge is 2.31. The highest BCUT2D eigenvalue weighted by atomic mass is 79.9. The smallest absolute Gasteiger partial charge is 0.416 e. The summed E-state index contributed by atoms with van der Waals surface area (Å²) in [4.78, 5) is 4.06. The lowest BCUT2D eigenvalue weighted by Crippen LogP contribution is -2.03. The number of allylic oxidation sites excluding steroid dienone is 4. The molecule has 0 saturated heterocycles. The van der Waals surface area contributed by atoms with Crippen LogP contribution in [0.3, 0.4) is 0 Å². The van der Waals surface area contributed by atoms with Crippen LogP contribution in [0.2, 0.25) is 0 Å². The first-order valence-corrected chi connectivity index (χ1v) is 6.84. The van der Waals surface area contributed by atoms with Crippen molar-refractivity contribution in [3.63, 3.8) is 0 Å². The number of alkyl halides is 3. The Morgan fingerprint density at radius 2 is 2.14 bits per heavy atom. The minimum absolute atomic E-state index is 0.0908. The molecule has 0 saturated carbocycles. The molecule has 4 nitrogen and oxygen atoms in total. The monoisotopic (exact) mass is 374 g/mol. The number of aromatic nitrogens is 1. The molecule has 8 heteroatoms. The summed E-state index contributed by atoms with van der Waals surface area (Å²) in [5, 5.41) is 11.3. The zero-order chi connectivity index (χ0) is 16.3. The minimum Gasteiger partial charge on any atom is -0.436 e. The van der Waals surface area contributed by atoms with Gasteiger partial charge in [-0.2, -0.15) is 13.2 Å². The molecule has 1 aromatic carbocycles. The van der Waals surface area contributed by atoms with Gasteiger partial charge in [0.1, 0.15) is 5.52 Å². The predicted molar refractivity (Wildman–Crippen MR) is 80.0 cm³/mol. The molecule has 1 aromatic heterocycles. The predicted octanol–water partition coefficient (Wildman–Crippen LogP) is 4.99. The van der Waals surface area contributed by atoms with Crippen molar-refractivity contribution in [3.05, 3.63) is 46.3 Å². The molecule has 0 fully saturated rings. The summed E-state index contributed by atoms with van der Waals surface area (Å²) in [6.45, 7) is 1.75. The standard InChI is InChI=1S/C14H10BrF3N2O2/c1-2-10(15)9(5-6-19-21)13-20-11-7-8(14(16,17)18)3-4-12(11)22-13/h2-7,21H,1H3/b9-5+,10-2+,19-6+. The highest BCUT2D eigenvalue weighted by Crippen LogP contribution is 2.33. The van der Waals surface area contributed by atoms with Crippen molar-refractivity contribution in [2.24, 2.45) is 5.16 Å². The third-order valence-electron chi connectivity index (χ3n) is 2.76. The van der Waals surface area contributed by atoms with Crippen LogP contribution in [0.4, 0.5) is 13.2 Å². The maximum absolute atomic E-state index is 12.7. The molecule has 1 heterocycles. The van der Waals surface area contributed by atoms with E-state index in [1.54, 1.807) is 13.0 Å². The average Bonchev–Trinajstić information content (AvgIpc) is 2.88. The molecule has 0 aliphatic rings. The Balaban J connectivity index is 2.56. The van der Waals surface area contributed by atoms with E-state index in [4.69, 9.17) is 9.62 Å². The molecule has 0 spiro atoms. The molecule has 2 aromatic rings. The number of hydrogen-bond donors (Lipinski definition) is 1. The summed E-state index contributed by atoms with van der Waals surface area (Å²) >= 11 is 3.28. The largest absolute Gasteiger partial charge is 0.436 e. The van der Waals surface area contributed by atoms with E-state index in [0.29, 0.717) is 10.1 Å². The highest BCUT2D eigenvalue weighted by molar-refractivity contribution is 9.12. The van der Waals surface area contributed by atoms with Crippen LogP contribution in [0, 0.1) is 0 Å². The molecular formula is C14H10BrF3N2O2. The molecule has 22 heavy (non-hydrogen) atoms. The molecule has 0 bridgehead atoms. The fraction of sp³-hybridized carbons (Fsp3) is 0.143. The van der Waals surface area contributed by atoms with Gasteiger partial charge in [-0.1, -0.05) is 27.2 Å². The Labute approximate surface area is 131 Å². The first-order chi connectivity index (χ1) is 10.4. The Morgan fingerprint density at radius 3 is 2.73 bits per heavy atom. The van der Waals surface area contributed by atoms with Gasteiger partial charge >= 0.3 is 6.18 Å². The maximum atomic E-state index is 12.7. The van der Waals surface area contributed by atoms with E-state index in [1.807, 2.05) is 0 Å². The molecule has 0 atom stereocenters. The number of benzene rings is 1. The van der Waals surface area contributed by atoms with Crippen molar-refractivity contribution in [3.8, 4) is 0 Å². The normalized spacial score (nSPS) is 14.2. The van der Waals surface area contributed by atoms with Crippen molar-refractivity contribution >= 4 is 38.8 Å². The molecule has 0 aliphatic heterocycles. The van der Waals surface area contributed by atoms with Gasteiger partial charge in [0, 0.05) is 4.48 Å². The molecule has 0 radical (unpaired) electrons. The lowest BCUT2D eigenvalue weighted by Gasteiger charge is -2.04. The van der Waals surface area contributed by atoms with E-state index >= 15 is 0 Å². The number of hydrogen-bond acceptors (Lipinski definition) is 4. The molecule has 0 aliphatic carbocycles. The van der Waals surface area contributed by atoms with Gasteiger partial charge in [-0.15, -0.1) is 0 Å². The van der Waals surface area contributed by atoms with Gasteiger partial charge in [-0.25, -0.2) is 4.98 Å². The van der Waals surface area contributed by atoms with Crippen LogP contribution in [-0.4, -0.2) is 16.4 Å². The second-order valence-corrected chi connectivity index (χ2v) is 5.04. The van der Waals surface area contributed by atoms with Crippen LogP contribution in [0.15, 0.2) is 44.4 Å². The number of fused-ring (bicyclic) bond motifs is 1. The topological polar surface area (TPSA) is 58.6 Å². The molecule has 1 N–H and O–H groups in total. The third-order valence-corrected chi connectivity index (χ3v) is 3.65. The second-order valence-electron chi connectivity index (χ2n) is 4.18. The summed E-state index contributed by atoms with van der Waals surface area (Å²) in [7, 11) is 0. The zero-order valence-electron chi connectivity index (χ0n) is 11.2. The van der Waals surface area contributed by atoms with Crippen LogP contribution < -0.4 is 0 Å². The van der Waals surface area contributed by atoms with Gasteiger partial charge < -0.3 is 9.62 Å². The van der Waals surface area contributed by atoms with E-state index in [2.05, 4.69) is 26.1 Å². The zero-order valence-corrected chi connectivity index (χ0v) is 12.8. The molecule has 0 unspecified atom stereocenters. The fourth-order valence-electron chi connectivity index (χ4n) is 1.74. The van der Waals surface area contributed by atoms with E-state index in [0.717, 1.165) is 18.3 Å². The first-order valence-electron chi connectivity index (χ1n) is 6.05. The van der Waals surface area contributed by atoms with Gasteiger partial charge in [0.15, 0.2) is 5.58 Å². The van der Waals surface area contributed by atoms with Crippen LogP contribution in [0.25, 0.3) is 16.7 Å². The third kappa shape index (κ3) is 3.38. The van der Waals surface area contributed by atoms with Gasteiger partial charge in [0.25, 0.3) is 0 Å². The second kappa shape index (κ2) is 6.35. The minimum atomic E-state index is -4.45. The lowest BCUT2D eigenvalue weighted by atomic mass is 10.2. The van der Waals surface area contributed by atoms with E-state index in [-0.39, 0.29) is 17.0 Å². The number of oxime groups is 1. The maximum Gasteiger partial charge on any atom is 0.416 e. The Kier molecular flexibility index (Phi) is 4.70. The molecular weight excluding hydrogens is 365 g/mol. The van der Waals surface area contributed by atoms with E-state index < -0.39 is 11.7 Å². The van der Waals surface area contributed by atoms with Gasteiger partial charge in [0.05, 0.1) is 17.4 Å². The van der Waals surface area contributed by atoms with Crippen molar-refractivity contribution in [1.29, 1.82) is 0 Å². The van der Waals surface area contributed by atoms with Gasteiger partial charge in [-0.05, 0) is 31.2 Å². The SMILES string of the molecule is C\C=C(Br)/C(=C\C=N\O)c1nc2cc(C(F)(F)F)ccc2o1. The molecule has 116 valence electrons. The summed E-state index contributed by atoms with van der Waals surface area (Å²) < 4.78 is 44.1. The van der Waals surface area contributed by atoms with Crippen LogP contribution in [0.1, 0.15) is 18.4 Å². The summed E-state index contributed by atoms with van der Waals surface area (Å²) in [6, 6.07) is 3.07. The first kappa shape index (κ1) is 16.3. The lowest BCUT2D eigenvalue weighted by molar-refractivity contribution is -0.137. The number of oxazole rings is 1. The fourth-order valence-corrected chi connectivity index (χ4v) is 2.04. The Bertz CT molecular complexity index is 776. The number of rotatable bonds is 3. The average molecular weight is 375 g/mol. The van der Waals surface area contributed by atoms with Crippen molar-refractivity contribution in [2.45, 2.75) is 13.1 Å². The number of halogens is 4. The Morgan fingerprint density at radius 1 is 1.41 bits per heavy atom. The van der Waals surface area contributed by atoms with Crippen LogP contribution in [0.5, 0.6) is 0 Å². The van der Waals surface area contributed by atoms with E-state index in [1.165, 1.54) is 12.1 Å². The summed E-state index contributed by atoms with van der Waals surface area (Å²) in [6.07, 6.45) is -0.220. The quantitative estimate of drug-likeness (QED) is 0.356. The molecule has 0 amide bonds. The van der Waals surface area contributed by atoms with Crippen molar-refractivity contribution in [1.82, 2.24) is 4.98 Å². The Hall–Kier alpha value is -2.09. The van der Waals surface area contributed by atoms with Crippen molar-refractivity contribution < 1.29 is 22.8 Å². The van der Waals surface area contributed by atoms with Crippen molar-refractivity contribution in [2.75, 3.05) is 0 Å².